The quantitative estimate of drug-likeness (QED) is 0.563. The maximum atomic E-state index is 12.6. The van der Waals surface area contributed by atoms with Crippen molar-refractivity contribution >= 4 is 12.1 Å². The van der Waals surface area contributed by atoms with Crippen molar-refractivity contribution in [2.75, 3.05) is 0 Å². The highest BCUT2D eigenvalue weighted by Crippen LogP contribution is 2.27. The lowest BCUT2D eigenvalue weighted by atomic mass is 10.2. The number of carbonyl (C=O) groups is 1. The molecule has 6 nitrogen and oxygen atoms in total. The Balaban J connectivity index is 1.57. The van der Waals surface area contributed by atoms with Gasteiger partial charge in [-0.15, -0.1) is 0 Å². The summed E-state index contributed by atoms with van der Waals surface area (Å²) >= 11 is 0. The predicted molar refractivity (Wildman–Crippen MR) is 98.8 cm³/mol. The molecule has 1 heterocycles. The summed E-state index contributed by atoms with van der Waals surface area (Å²) in [5, 5.41) is 18.0. The minimum atomic E-state index is -0.325. The molecule has 1 aliphatic rings. The first kappa shape index (κ1) is 16.1. The molecule has 0 aliphatic heterocycles. The molecule has 3 aromatic rings. The largest absolute Gasteiger partial charge is 0.508 e. The number of fused-ring (bicyclic) bond motifs is 1. The molecule has 0 fully saturated rings. The summed E-state index contributed by atoms with van der Waals surface area (Å²) in [6.45, 7) is 0. The van der Waals surface area contributed by atoms with Gasteiger partial charge < -0.3 is 5.11 Å². The minimum absolute atomic E-state index is 0.153. The SMILES string of the molecule is O=C(N/N=C/c1cccc(O)c1)c1nn(-c2ccccc2)c2c1CCC2. The van der Waals surface area contributed by atoms with Gasteiger partial charge in [0.05, 0.1) is 11.9 Å². The number of nitrogens with zero attached hydrogens (tertiary/aromatic N) is 3. The van der Waals surface area contributed by atoms with Gasteiger partial charge in [0, 0.05) is 11.3 Å². The van der Waals surface area contributed by atoms with E-state index in [1.54, 1.807) is 24.3 Å². The summed E-state index contributed by atoms with van der Waals surface area (Å²) in [6, 6.07) is 16.5. The smallest absolute Gasteiger partial charge is 0.292 e. The van der Waals surface area contributed by atoms with Gasteiger partial charge >= 0.3 is 0 Å². The maximum Gasteiger partial charge on any atom is 0.292 e. The van der Waals surface area contributed by atoms with Crippen molar-refractivity contribution in [1.82, 2.24) is 15.2 Å². The summed E-state index contributed by atoms with van der Waals surface area (Å²) < 4.78 is 1.86. The van der Waals surface area contributed by atoms with Crippen LogP contribution < -0.4 is 5.43 Å². The van der Waals surface area contributed by atoms with Crippen molar-refractivity contribution < 1.29 is 9.90 Å². The van der Waals surface area contributed by atoms with Crippen molar-refractivity contribution in [1.29, 1.82) is 0 Å². The third kappa shape index (κ3) is 3.09. The zero-order chi connectivity index (χ0) is 17.9. The summed E-state index contributed by atoms with van der Waals surface area (Å²) in [7, 11) is 0. The van der Waals surface area contributed by atoms with Gasteiger partial charge in [-0.2, -0.15) is 10.2 Å². The number of phenolic OH excluding ortho intramolecular Hbond substituents is 1. The number of rotatable bonds is 4. The highest BCUT2D eigenvalue weighted by Gasteiger charge is 2.26. The molecule has 0 saturated heterocycles. The van der Waals surface area contributed by atoms with Crippen molar-refractivity contribution in [2.45, 2.75) is 19.3 Å². The van der Waals surface area contributed by atoms with Crippen LogP contribution in [0.25, 0.3) is 5.69 Å². The van der Waals surface area contributed by atoms with Crippen LogP contribution in [0.5, 0.6) is 5.75 Å². The molecule has 1 aliphatic carbocycles. The molecule has 0 bridgehead atoms. The van der Waals surface area contributed by atoms with Gasteiger partial charge in [-0.05, 0) is 49.1 Å². The second kappa shape index (κ2) is 6.84. The van der Waals surface area contributed by atoms with E-state index in [0.29, 0.717) is 11.3 Å². The van der Waals surface area contributed by atoms with Crippen LogP contribution in [-0.4, -0.2) is 27.0 Å². The highest BCUT2D eigenvalue weighted by molar-refractivity contribution is 5.95. The number of hydrogen-bond donors (Lipinski definition) is 2. The molecule has 130 valence electrons. The van der Waals surface area contributed by atoms with Crippen LogP contribution in [0.3, 0.4) is 0 Å². The number of phenols is 1. The van der Waals surface area contributed by atoms with Crippen LogP contribution in [-0.2, 0) is 12.8 Å². The lowest BCUT2D eigenvalue weighted by Gasteiger charge is -2.04. The zero-order valence-corrected chi connectivity index (χ0v) is 14.1. The fourth-order valence-corrected chi connectivity index (χ4v) is 3.23. The van der Waals surface area contributed by atoms with Crippen LogP contribution in [0, 0.1) is 0 Å². The van der Waals surface area contributed by atoms with Gasteiger partial charge in [-0.3, -0.25) is 4.79 Å². The molecule has 1 amide bonds. The molecule has 0 spiro atoms. The molecule has 2 N–H and O–H groups in total. The highest BCUT2D eigenvalue weighted by atomic mass is 16.3. The molecule has 1 aromatic heterocycles. The molecule has 26 heavy (non-hydrogen) atoms. The number of hydrazone groups is 1. The van der Waals surface area contributed by atoms with Crippen LogP contribution in [0.2, 0.25) is 0 Å². The van der Waals surface area contributed by atoms with E-state index in [-0.39, 0.29) is 11.7 Å². The fourth-order valence-electron chi connectivity index (χ4n) is 3.23. The molecule has 4 rings (SSSR count). The summed E-state index contributed by atoms with van der Waals surface area (Å²) in [5.74, 6) is -0.172. The van der Waals surface area contributed by atoms with Crippen molar-refractivity contribution in [3.05, 3.63) is 77.1 Å². The molecule has 0 unspecified atom stereocenters. The van der Waals surface area contributed by atoms with Gasteiger partial charge in [0.1, 0.15) is 5.75 Å². The Bertz CT molecular complexity index is 977. The van der Waals surface area contributed by atoms with Gasteiger partial charge in [0.15, 0.2) is 5.69 Å². The van der Waals surface area contributed by atoms with E-state index >= 15 is 0 Å². The minimum Gasteiger partial charge on any atom is -0.508 e. The lowest BCUT2D eigenvalue weighted by Crippen LogP contribution is -2.20. The Morgan fingerprint density at radius 3 is 2.81 bits per heavy atom. The van der Waals surface area contributed by atoms with E-state index in [0.717, 1.165) is 36.2 Å². The molecule has 6 heteroatoms. The third-order valence-corrected chi connectivity index (χ3v) is 4.40. The van der Waals surface area contributed by atoms with E-state index in [1.165, 1.54) is 6.21 Å². The van der Waals surface area contributed by atoms with Gasteiger partial charge in [0.25, 0.3) is 5.91 Å². The van der Waals surface area contributed by atoms with Gasteiger partial charge in [0.2, 0.25) is 0 Å². The number of aromatic hydroxyl groups is 1. The predicted octanol–water partition coefficient (Wildman–Crippen LogP) is 2.83. The summed E-state index contributed by atoms with van der Waals surface area (Å²) in [6.07, 6.45) is 4.27. The summed E-state index contributed by atoms with van der Waals surface area (Å²) in [4.78, 5) is 12.6. The number of aromatic nitrogens is 2. The number of benzene rings is 2. The van der Waals surface area contributed by atoms with Gasteiger partial charge in [-0.25, -0.2) is 10.1 Å². The number of carbonyl (C=O) groups excluding carboxylic acids is 1. The van der Waals surface area contributed by atoms with Crippen LogP contribution >= 0.6 is 0 Å². The normalized spacial score (nSPS) is 13.1. The average Bonchev–Trinajstić information content (AvgIpc) is 3.25. The Morgan fingerprint density at radius 2 is 2.00 bits per heavy atom. The number of hydrogen-bond acceptors (Lipinski definition) is 4. The second-order valence-corrected chi connectivity index (χ2v) is 6.17. The van der Waals surface area contributed by atoms with E-state index in [4.69, 9.17) is 0 Å². The first-order valence-corrected chi connectivity index (χ1v) is 8.51. The van der Waals surface area contributed by atoms with E-state index in [2.05, 4.69) is 15.6 Å². The first-order valence-electron chi connectivity index (χ1n) is 8.51. The number of nitrogens with one attached hydrogen (secondary N) is 1. The first-order chi connectivity index (χ1) is 12.7. The maximum absolute atomic E-state index is 12.6. The molecule has 0 radical (unpaired) electrons. The van der Waals surface area contributed by atoms with Crippen LogP contribution in [0.15, 0.2) is 59.7 Å². The van der Waals surface area contributed by atoms with Crippen LogP contribution in [0.1, 0.15) is 33.7 Å². The van der Waals surface area contributed by atoms with E-state index < -0.39 is 0 Å². The molecule has 0 saturated carbocycles. The molecule has 0 atom stereocenters. The molecular weight excluding hydrogens is 328 g/mol. The Hall–Kier alpha value is -3.41. The van der Waals surface area contributed by atoms with Crippen molar-refractivity contribution in [2.24, 2.45) is 5.10 Å². The standard InChI is InChI=1S/C20H18N4O2/c25-16-9-4-6-14(12-16)13-21-22-20(26)19-17-10-5-11-18(17)24(23-19)15-7-2-1-3-8-15/h1-4,6-9,12-13,25H,5,10-11H2,(H,22,26)/b21-13+. The van der Waals surface area contributed by atoms with E-state index in [9.17, 15) is 9.90 Å². The van der Waals surface area contributed by atoms with E-state index in [1.807, 2.05) is 35.0 Å². The van der Waals surface area contributed by atoms with Crippen molar-refractivity contribution in [3.8, 4) is 11.4 Å². The molecule has 2 aromatic carbocycles. The number of amides is 1. The Kier molecular flexibility index (Phi) is 4.23. The Morgan fingerprint density at radius 1 is 1.15 bits per heavy atom. The average molecular weight is 346 g/mol. The topological polar surface area (TPSA) is 79.5 Å². The van der Waals surface area contributed by atoms with Crippen molar-refractivity contribution in [3.63, 3.8) is 0 Å². The summed E-state index contributed by atoms with van der Waals surface area (Å²) in [5.41, 5.74) is 6.71. The van der Waals surface area contributed by atoms with Crippen LogP contribution in [0.4, 0.5) is 0 Å². The monoisotopic (exact) mass is 346 g/mol. The second-order valence-electron chi connectivity index (χ2n) is 6.17. The Labute approximate surface area is 150 Å². The third-order valence-electron chi connectivity index (χ3n) is 4.40. The fraction of sp³-hybridized carbons (Fsp3) is 0.150. The van der Waals surface area contributed by atoms with Gasteiger partial charge in [-0.1, -0.05) is 30.3 Å². The lowest BCUT2D eigenvalue weighted by molar-refractivity contribution is 0.0949. The zero-order valence-electron chi connectivity index (χ0n) is 14.1. The number of para-hydroxylation sites is 1. The molecular formula is C20H18N4O2.